The molecule has 21 heavy (non-hydrogen) atoms. The Labute approximate surface area is 133 Å². The van der Waals surface area contributed by atoms with Crippen LogP contribution in [0.5, 0.6) is 0 Å². The van der Waals surface area contributed by atoms with E-state index in [2.05, 4.69) is 11.4 Å². The van der Waals surface area contributed by atoms with Crippen molar-refractivity contribution in [3.63, 3.8) is 0 Å². The number of benzene rings is 2. The van der Waals surface area contributed by atoms with E-state index in [0.29, 0.717) is 15.6 Å². The lowest BCUT2D eigenvalue weighted by Crippen LogP contribution is -2.25. The van der Waals surface area contributed by atoms with Gasteiger partial charge in [0.15, 0.2) is 0 Å². The van der Waals surface area contributed by atoms with Crippen molar-refractivity contribution in [1.82, 2.24) is 5.32 Å². The van der Waals surface area contributed by atoms with Gasteiger partial charge < -0.3 is 5.11 Å². The molecule has 108 valence electrons. The Balaban J connectivity index is 2.03. The third-order valence-corrected chi connectivity index (χ3v) is 3.84. The van der Waals surface area contributed by atoms with E-state index < -0.39 is 12.1 Å². The van der Waals surface area contributed by atoms with Crippen LogP contribution in [-0.4, -0.2) is 11.7 Å². The van der Waals surface area contributed by atoms with Crippen molar-refractivity contribution in [2.75, 3.05) is 6.54 Å². The average molecular weight is 321 g/mol. The summed E-state index contributed by atoms with van der Waals surface area (Å²) >= 11 is 11.8. The maximum atomic E-state index is 10.1. The van der Waals surface area contributed by atoms with Gasteiger partial charge >= 0.3 is 0 Å². The number of hydrogen-bond acceptors (Lipinski definition) is 3. The lowest BCUT2D eigenvalue weighted by Gasteiger charge is -2.16. The summed E-state index contributed by atoms with van der Waals surface area (Å²) in [5, 5.41) is 23.2. The fourth-order valence-corrected chi connectivity index (χ4v) is 2.26. The zero-order valence-corrected chi connectivity index (χ0v) is 12.6. The normalized spacial score (nSPS) is 13.4. The van der Waals surface area contributed by atoms with Gasteiger partial charge in [-0.3, -0.25) is 5.32 Å². The van der Waals surface area contributed by atoms with E-state index in [4.69, 9.17) is 23.2 Å². The van der Waals surface area contributed by atoms with E-state index in [-0.39, 0.29) is 6.54 Å². The molecule has 2 rings (SSSR count). The van der Waals surface area contributed by atoms with Gasteiger partial charge in [0.05, 0.1) is 22.2 Å². The number of nitrogens with zero attached hydrogens (tertiary/aromatic N) is 1. The molecule has 5 heteroatoms. The van der Waals surface area contributed by atoms with Gasteiger partial charge in [0.1, 0.15) is 6.04 Å². The van der Waals surface area contributed by atoms with Crippen LogP contribution in [-0.2, 0) is 0 Å². The van der Waals surface area contributed by atoms with E-state index in [1.54, 1.807) is 18.2 Å². The molecular weight excluding hydrogens is 307 g/mol. The summed E-state index contributed by atoms with van der Waals surface area (Å²) in [4.78, 5) is 0. The summed E-state index contributed by atoms with van der Waals surface area (Å²) < 4.78 is 0. The van der Waals surface area contributed by atoms with Crippen molar-refractivity contribution in [3.05, 3.63) is 69.7 Å². The Bertz CT molecular complexity index is 640. The molecule has 0 saturated heterocycles. The predicted octanol–water partition coefficient (Wildman–Crippen LogP) is 3.88. The van der Waals surface area contributed by atoms with Gasteiger partial charge in [-0.15, -0.1) is 0 Å². The van der Waals surface area contributed by atoms with Crippen molar-refractivity contribution in [2.45, 2.75) is 12.1 Å². The molecule has 0 radical (unpaired) electrons. The smallest absolute Gasteiger partial charge is 0.121 e. The van der Waals surface area contributed by atoms with Gasteiger partial charge in [0.2, 0.25) is 0 Å². The first-order valence-corrected chi connectivity index (χ1v) is 7.18. The summed E-state index contributed by atoms with van der Waals surface area (Å²) in [7, 11) is 0. The van der Waals surface area contributed by atoms with Crippen molar-refractivity contribution in [1.29, 1.82) is 5.26 Å². The number of nitrogens with one attached hydrogen (secondary N) is 1. The second-order valence-corrected chi connectivity index (χ2v) is 5.38. The van der Waals surface area contributed by atoms with Crippen molar-refractivity contribution in [3.8, 4) is 6.07 Å². The van der Waals surface area contributed by atoms with Crippen LogP contribution >= 0.6 is 23.2 Å². The van der Waals surface area contributed by atoms with E-state index >= 15 is 0 Å². The minimum atomic E-state index is -0.676. The van der Waals surface area contributed by atoms with Crippen LogP contribution in [0.2, 0.25) is 10.0 Å². The SMILES string of the molecule is N#CC(NCC(O)c1ccccc1)c1ccc(Cl)c(Cl)c1. The highest BCUT2D eigenvalue weighted by Crippen LogP contribution is 2.25. The molecule has 3 nitrogen and oxygen atoms in total. The number of nitriles is 1. The topological polar surface area (TPSA) is 56.0 Å². The van der Waals surface area contributed by atoms with Gasteiger partial charge in [-0.05, 0) is 23.3 Å². The van der Waals surface area contributed by atoms with Crippen LogP contribution in [0.25, 0.3) is 0 Å². The zero-order valence-electron chi connectivity index (χ0n) is 11.1. The molecule has 0 heterocycles. The fourth-order valence-electron chi connectivity index (χ4n) is 1.95. The van der Waals surface area contributed by atoms with Crippen LogP contribution < -0.4 is 5.32 Å². The molecule has 0 saturated carbocycles. The molecule has 0 aliphatic carbocycles. The van der Waals surface area contributed by atoms with E-state index in [1.165, 1.54) is 0 Å². The average Bonchev–Trinajstić information content (AvgIpc) is 2.52. The molecule has 0 fully saturated rings. The Morgan fingerprint density at radius 3 is 2.38 bits per heavy atom. The highest BCUT2D eigenvalue weighted by atomic mass is 35.5. The van der Waals surface area contributed by atoms with Crippen LogP contribution in [0, 0.1) is 11.3 Å². The number of aliphatic hydroxyl groups is 1. The number of rotatable bonds is 5. The summed E-state index contributed by atoms with van der Waals surface area (Å²) in [6.45, 7) is 0.266. The fraction of sp³-hybridized carbons (Fsp3) is 0.188. The van der Waals surface area contributed by atoms with Gasteiger partial charge in [-0.2, -0.15) is 5.26 Å². The minimum absolute atomic E-state index is 0.266. The first-order valence-electron chi connectivity index (χ1n) is 6.42. The first kappa shape index (κ1) is 15.8. The Morgan fingerprint density at radius 1 is 1.05 bits per heavy atom. The largest absolute Gasteiger partial charge is 0.387 e. The minimum Gasteiger partial charge on any atom is -0.387 e. The quantitative estimate of drug-likeness (QED) is 0.878. The molecule has 2 unspecified atom stereocenters. The van der Waals surface area contributed by atoms with Crippen molar-refractivity contribution < 1.29 is 5.11 Å². The summed E-state index contributed by atoms with van der Waals surface area (Å²) in [5.41, 5.74) is 1.52. The van der Waals surface area contributed by atoms with Gasteiger partial charge in [-0.1, -0.05) is 59.6 Å². The lowest BCUT2D eigenvalue weighted by molar-refractivity contribution is 0.172. The van der Waals surface area contributed by atoms with Gasteiger partial charge in [0.25, 0.3) is 0 Å². The van der Waals surface area contributed by atoms with E-state index in [9.17, 15) is 10.4 Å². The molecular formula is C16H14Cl2N2O. The Kier molecular flexibility index (Phi) is 5.60. The molecule has 0 bridgehead atoms. The maximum absolute atomic E-state index is 10.1. The molecule has 0 aromatic heterocycles. The molecule has 2 N–H and O–H groups in total. The van der Waals surface area contributed by atoms with E-state index in [1.807, 2.05) is 30.3 Å². The second kappa shape index (κ2) is 7.44. The maximum Gasteiger partial charge on any atom is 0.121 e. The summed E-state index contributed by atoms with van der Waals surface area (Å²) in [5.74, 6) is 0. The number of halogens is 2. The molecule has 0 aliphatic rings. The van der Waals surface area contributed by atoms with Crippen LogP contribution in [0.4, 0.5) is 0 Å². The van der Waals surface area contributed by atoms with Gasteiger partial charge in [0, 0.05) is 6.54 Å². The van der Waals surface area contributed by atoms with E-state index in [0.717, 1.165) is 5.56 Å². The highest BCUT2D eigenvalue weighted by Gasteiger charge is 2.14. The molecule has 2 aromatic carbocycles. The summed E-state index contributed by atoms with van der Waals surface area (Å²) in [6, 6.07) is 15.9. The second-order valence-electron chi connectivity index (χ2n) is 4.57. The van der Waals surface area contributed by atoms with Crippen molar-refractivity contribution in [2.24, 2.45) is 0 Å². The number of hydrogen-bond donors (Lipinski definition) is 2. The molecule has 0 aliphatic heterocycles. The van der Waals surface area contributed by atoms with Crippen LogP contribution in [0.3, 0.4) is 0 Å². The zero-order chi connectivity index (χ0) is 15.2. The third-order valence-electron chi connectivity index (χ3n) is 3.11. The standard InChI is InChI=1S/C16H14Cl2N2O/c17-13-7-6-12(8-14(13)18)15(9-19)20-10-16(21)11-4-2-1-3-5-11/h1-8,15-16,20-21H,10H2. The first-order chi connectivity index (χ1) is 10.1. The monoisotopic (exact) mass is 320 g/mol. The molecule has 2 aromatic rings. The molecule has 2 atom stereocenters. The molecule has 0 spiro atoms. The summed E-state index contributed by atoms with van der Waals surface area (Å²) in [6.07, 6.45) is -0.676. The van der Waals surface area contributed by atoms with Crippen LogP contribution in [0.15, 0.2) is 48.5 Å². The highest BCUT2D eigenvalue weighted by molar-refractivity contribution is 6.42. The lowest BCUT2D eigenvalue weighted by atomic mass is 10.1. The van der Waals surface area contributed by atoms with Gasteiger partial charge in [-0.25, -0.2) is 0 Å². The number of aliphatic hydroxyl groups excluding tert-OH is 1. The van der Waals surface area contributed by atoms with Crippen LogP contribution in [0.1, 0.15) is 23.3 Å². The third kappa shape index (κ3) is 4.20. The Hall–Kier alpha value is -1.57. The Morgan fingerprint density at radius 2 is 1.76 bits per heavy atom. The molecule has 0 amide bonds. The van der Waals surface area contributed by atoms with Crippen molar-refractivity contribution >= 4 is 23.2 Å². The predicted molar refractivity (Wildman–Crippen MR) is 84.2 cm³/mol.